The van der Waals surface area contributed by atoms with E-state index >= 15 is 0 Å². The molecule has 2 fully saturated rings. The van der Waals surface area contributed by atoms with Crippen LogP contribution in [0.1, 0.15) is 51.7 Å². The molecule has 11 heteroatoms. The summed E-state index contributed by atoms with van der Waals surface area (Å²) in [7, 11) is 0. The Bertz CT molecular complexity index is 1280. The van der Waals surface area contributed by atoms with Gasteiger partial charge in [-0.1, -0.05) is 53.3 Å². The summed E-state index contributed by atoms with van der Waals surface area (Å²) in [6.45, 7) is 16.7. The van der Waals surface area contributed by atoms with Gasteiger partial charge in [-0.3, -0.25) is 9.59 Å². The molecule has 1 N–H and O–H groups in total. The monoisotopic (exact) mass is 583 g/mol. The van der Waals surface area contributed by atoms with Crippen LogP contribution in [0.25, 0.3) is 11.0 Å². The summed E-state index contributed by atoms with van der Waals surface area (Å²) in [5.74, 6) is -0.605. The highest BCUT2D eigenvalue weighted by atomic mass is 16.5. The normalized spacial score (nSPS) is 21.4. The van der Waals surface area contributed by atoms with Gasteiger partial charge < -0.3 is 33.8 Å². The average Bonchev–Trinajstić information content (AvgIpc) is 3.33. The molecule has 0 spiro atoms. The molecule has 4 rings (SSSR count). The number of imidazole rings is 1. The molecule has 0 bridgehead atoms. The smallest absolute Gasteiger partial charge is 0.407 e. The molecule has 1 unspecified atom stereocenters. The topological polar surface area (TPSA) is 117 Å². The zero-order chi connectivity index (χ0) is 30.6. The number of carboxylic acid groups (broad SMARTS) is 1. The summed E-state index contributed by atoms with van der Waals surface area (Å²) in [6.07, 6.45) is 0.638. The van der Waals surface area contributed by atoms with E-state index in [4.69, 9.17) is 14.5 Å². The van der Waals surface area contributed by atoms with E-state index in [1.165, 1.54) is 11.2 Å². The summed E-state index contributed by atoms with van der Waals surface area (Å²) >= 11 is 0. The minimum absolute atomic E-state index is 0.0881. The van der Waals surface area contributed by atoms with Crippen molar-refractivity contribution in [3.05, 3.63) is 42.9 Å². The Hall–Kier alpha value is -3.60. The maximum atomic E-state index is 14.6. The van der Waals surface area contributed by atoms with Gasteiger partial charge in [-0.05, 0) is 29.9 Å². The van der Waals surface area contributed by atoms with E-state index < -0.39 is 29.5 Å². The van der Waals surface area contributed by atoms with E-state index in [0.717, 1.165) is 5.52 Å². The number of nitrogens with zero attached hydrogens (tertiary/aromatic N) is 5. The molecule has 3 atom stereocenters. The number of aromatic nitrogens is 2. The first-order valence-electron chi connectivity index (χ1n) is 14.8. The number of amides is 3. The van der Waals surface area contributed by atoms with Gasteiger partial charge in [0.15, 0.2) is 5.82 Å². The highest BCUT2D eigenvalue weighted by Gasteiger charge is 2.50. The van der Waals surface area contributed by atoms with Gasteiger partial charge in [0.2, 0.25) is 5.91 Å². The van der Waals surface area contributed by atoms with E-state index in [1.807, 2.05) is 63.5 Å². The molecule has 230 valence electrons. The molecule has 1 aromatic heterocycles. The number of carbonyl (C=O) groups is 3. The Labute approximate surface area is 248 Å². The molecule has 42 heavy (non-hydrogen) atoms. The fourth-order valence-corrected chi connectivity index (χ4v) is 6.40. The molecule has 3 heterocycles. The van der Waals surface area contributed by atoms with Gasteiger partial charge in [0.25, 0.3) is 5.91 Å². The SMILES string of the molecule is C=COCCn1c(C(=O)N(CC(C)C)[C@H]2C[C@@H](C(=O)N3CCOCC3)CN(C(=O)O)C2C(C)(C)C)nc2ccccc21. The van der Waals surface area contributed by atoms with Crippen LogP contribution in [-0.4, -0.2) is 105 Å². The van der Waals surface area contributed by atoms with Gasteiger partial charge in [-0.15, -0.1) is 0 Å². The summed E-state index contributed by atoms with van der Waals surface area (Å²) in [5.41, 5.74) is 0.984. The Morgan fingerprint density at radius 2 is 1.90 bits per heavy atom. The molecule has 3 amide bonds. The summed E-state index contributed by atoms with van der Waals surface area (Å²) in [6, 6.07) is 6.49. The molecule has 0 radical (unpaired) electrons. The molecule has 2 aliphatic rings. The maximum absolute atomic E-state index is 14.6. The van der Waals surface area contributed by atoms with Gasteiger partial charge >= 0.3 is 6.09 Å². The molecular weight excluding hydrogens is 538 g/mol. The van der Waals surface area contributed by atoms with Gasteiger partial charge in [0, 0.05) is 26.2 Å². The van der Waals surface area contributed by atoms with Crippen molar-refractivity contribution < 1.29 is 29.0 Å². The standard InChI is InChI=1S/C31H45N5O6/c1-7-41-17-14-34-24-11-9-8-10-23(24)32-27(34)29(38)35(19-21(2)3)25-18-22(28(37)33-12-15-42-16-13-33)20-36(30(39)40)26(25)31(4,5)6/h7-11,21-22,25-26H,1,12-20H2,2-6H3,(H,39,40)/t22-,25+,26?/m1/s1. The van der Waals surface area contributed by atoms with Gasteiger partial charge in [0.05, 0.1) is 55.1 Å². The van der Waals surface area contributed by atoms with E-state index in [2.05, 4.69) is 6.58 Å². The van der Waals surface area contributed by atoms with Crippen LogP contribution in [0.5, 0.6) is 0 Å². The molecule has 2 aliphatic heterocycles. The largest absolute Gasteiger partial charge is 0.500 e. The van der Waals surface area contributed by atoms with Crippen LogP contribution in [0.3, 0.4) is 0 Å². The van der Waals surface area contributed by atoms with Crippen molar-refractivity contribution in [2.24, 2.45) is 17.3 Å². The Morgan fingerprint density at radius 1 is 1.21 bits per heavy atom. The minimum Gasteiger partial charge on any atom is -0.500 e. The number of morpholine rings is 1. The van der Waals surface area contributed by atoms with Crippen molar-refractivity contribution in [3.63, 3.8) is 0 Å². The molecule has 0 saturated carbocycles. The first-order chi connectivity index (χ1) is 19.9. The van der Waals surface area contributed by atoms with Gasteiger partial charge in [0.1, 0.15) is 6.61 Å². The van der Waals surface area contributed by atoms with Crippen molar-refractivity contribution in [1.29, 1.82) is 0 Å². The second kappa shape index (κ2) is 13.1. The maximum Gasteiger partial charge on any atom is 0.407 e. The van der Waals surface area contributed by atoms with Crippen LogP contribution in [0.4, 0.5) is 4.79 Å². The van der Waals surface area contributed by atoms with Crippen LogP contribution in [0.15, 0.2) is 37.1 Å². The lowest BCUT2D eigenvalue weighted by molar-refractivity contribution is -0.144. The van der Waals surface area contributed by atoms with E-state index in [9.17, 15) is 19.5 Å². The Balaban J connectivity index is 1.80. The number of ether oxygens (including phenoxy) is 2. The van der Waals surface area contributed by atoms with Crippen molar-refractivity contribution in [1.82, 2.24) is 24.3 Å². The number of hydrogen-bond acceptors (Lipinski definition) is 6. The van der Waals surface area contributed by atoms with Crippen LogP contribution in [0.2, 0.25) is 0 Å². The number of rotatable bonds is 9. The third kappa shape index (κ3) is 6.72. The van der Waals surface area contributed by atoms with Crippen LogP contribution in [-0.2, 0) is 20.8 Å². The third-order valence-electron chi connectivity index (χ3n) is 8.07. The Kier molecular flexibility index (Phi) is 9.81. The fourth-order valence-electron chi connectivity index (χ4n) is 6.40. The number of piperidine rings is 1. The number of hydrogen-bond donors (Lipinski definition) is 1. The van der Waals surface area contributed by atoms with Crippen LogP contribution >= 0.6 is 0 Å². The van der Waals surface area contributed by atoms with Gasteiger partial charge in [-0.25, -0.2) is 9.78 Å². The predicted octanol–water partition coefficient (Wildman–Crippen LogP) is 3.94. The first-order valence-corrected chi connectivity index (χ1v) is 14.8. The average molecular weight is 584 g/mol. The lowest BCUT2D eigenvalue weighted by Crippen LogP contribution is -2.66. The number of para-hydroxylation sites is 2. The second-order valence-electron chi connectivity index (χ2n) is 12.6. The molecule has 2 aromatic rings. The number of fused-ring (bicyclic) bond motifs is 1. The lowest BCUT2D eigenvalue weighted by Gasteiger charge is -2.52. The minimum atomic E-state index is -1.09. The second-order valence-corrected chi connectivity index (χ2v) is 12.6. The molecule has 1 aromatic carbocycles. The fraction of sp³-hybridized carbons (Fsp3) is 0.613. The van der Waals surface area contributed by atoms with Crippen molar-refractivity contribution in [3.8, 4) is 0 Å². The quantitative estimate of drug-likeness (QED) is 0.351. The predicted molar refractivity (Wildman–Crippen MR) is 159 cm³/mol. The zero-order valence-corrected chi connectivity index (χ0v) is 25.5. The summed E-state index contributed by atoms with van der Waals surface area (Å²) in [5, 5.41) is 10.4. The van der Waals surface area contributed by atoms with E-state index in [0.29, 0.717) is 57.9 Å². The highest BCUT2D eigenvalue weighted by molar-refractivity contribution is 5.95. The van der Waals surface area contributed by atoms with Crippen LogP contribution < -0.4 is 0 Å². The van der Waals surface area contributed by atoms with E-state index in [1.54, 1.807) is 9.80 Å². The zero-order valence-electron chi connectivity index (χ0n) is 25.5. The van der Waals surface area contributed by atoms with Crippen LogP contribution in [0, 0.1) is 17.3 Å². The molecule has 0 aliphatic carbocycles. The third-order valence-corrected chi connectivity index (χ3v) is 8.07. The van der Waals surface area contributed by atoms with Crippen molar-refractivity contribution in [2.45, 2.75) is 59.7 Å². The molecule has 2 saturated heterocycles. The number of likely N-dealkylation sites (tertiary alicyclic amines) is 1. The number of benzene rings is 1. The molecular formula is C31H45N5O6. The Morgan fingerprint density at radius 3 is 2.52 bits per heavy atom. The summed E-state index contributed by atoms with van der Waals surface area (Å²) in [4.78, 5) is 50.8. The molecule has 11 nitrogen and oxygen atoms in total. The summed E-state index contributed by atoms with van der Waals surface area (Å²) < 4.78 is 12.7. The van der Waals surface area contributed by atoms with Crippen molar-refractivity contribution in [2.75, 3.05) is 46.0 Å². The van der Waals surface area contributed by atoms with Gasteiger partial charge in [-0.2, -0.15) is 0 Å². The van der Waals surface area contributed by atoms with Crippen molar-refractivity contribution >= 4 is 28.9 Å². The highest BCUT2D eigenvalue weighted by Crippen LogP contribution is 2.38. The van der Waals surface area contributed by atoms with E-state index in [-0.39, 0.29) is 30.1 Å². The number of carbonyl (C=O) groups excluding carboxylic acids is 2. The lowest BCUT2D eigenvalue weighted by atomic mass is 9.74. The first kappa shape index (κ1) is 31.3.